The summed E-state index contributed by atoms with van der Waals surface area (Å²) in [5.41, 5.74) is 0.588. The fraction of sp³-hybridized carbons (Fsp3) is 0.533. The van der Waals surface area contributed by atoms with Crippen LogP contribution < -0.4 is 5.32 Å². The summed E-state index contributed by atoms with van der Waals surface area (Å²) >= 11 is 1.80. The fourth-order valence-corrected chi connectivity index (χ4v) is 5.53. The van der Waals surface area contributed by atoms with Gasteiger partial charge in [-0.1, -0.05) is 0 Å². The van der Waals surface area contributed by atoms with E-state index in [9.17, 15) is 13.2 Å². The Morgan fingerprint density at radius 3 is 2.43 bits per heavy atom. The molecule has 0 saturated carbocycles. The number of piperidine rings is 1. The number of rotatable bonds is 3. The van der Waals surface area contributed by atoms with Crippen molar-refractivity contribution in [1.29, 1.82) is 0 Å². The standard InChI is InChI=1S/C15H20N2O4S2/c1-12(18)16-13-2-4-14(5-3-13)23(19,20)17-8-6-15(7-9-17)21-10-11-22-15/h2-5H,6-11H2,1H3,(H,16,18). The maximum absolute atomic E-state index is 12.7. The van der Waals surface area contributed by atoms with Gasteiger partial charge in [0.05, 0.1) is 11.5 Å². The first-order valence-electron chi connectivity index (χ1n) is 7.57. The number of anilines is 1. The van der Waals surface area contributed by atoms with E-state index in [1.807, 2.05) is 0 Å². The molecule has 0 unspecified atom stereocenters. The third-order valence-corrected chi connectivity index (χ3v) is 7.45. The number of thioether (sulfide) groups is 1. The Morgan fingerprint density at radius 2 is 1.91 bits per heavy atom. The molecular formula is C15H20N2O4S2. The predicted molar refractivity (Wildman–Crippen MR) is 89.9 cm³/mol. The molecule has 0 aromatic heterocycles. The first-order valence-corrected chi connectivity index (χ1v) is 10.00. The molecule has 1 aromatic rings. The maximum Gasteiger partial charge on any atom is 0.243 e. The highest BCUT2D eigenvalue weighted by Crippen LogP contribution is 2.42. The van der Waals surface area contributed by atoms with Crippen molar-refractivity contribution in [3.63, 3.8) is 0 Å². The van der Waals surface area contributed by atoms with Crippen LogP contribution >= 0.6 is 11.8 Å². The number of ether oxygens (including phenoxy) is 1. The summed E-state index contributed by atoms with van der Waals surface area (Å²) in [6.07, 6.45) is 1.45. The minimum absolute atomic E-state index is 0.179. The Kier molecular flexibility index (Phi) is 4.68. The highest BCUT2D eigenvalue weighted by atomic mass is 32.2. The van der Waals surface area contributed by atoms with E-state index in [2.05, 4.69) is 5.32 Å². The van der Waals surface area contributed by atoms with Crippen molar-refractivity contribution >= 4 is 33.4 Å². The van der Waals surface area contributed by atoms with E-state index in [1.54, 1.807) is 23.9 Å². The van der Waals surface area contributed by atoms with Crippen LogP contribution in [-0.4, -0.2) is 49.0 Å². The highest BCUT2D eigenvalue weighted by Gasteiger charge is 2.42. The van der Waals surface area contributed by atoms with Crippen molar-refractivity contribution in [1.82, 2.24) is 4.31 Å². The van der Waals surface area contributed by atoms with Gasteiger partial charge in [0.15, 0.2) is 0 Å². The van der Waals surface area contributed by atoms with Gasteiger partial charge in [0.2, 0.25) is 15.9 Å². The summed E-state index contributed by atoms with van der Waals surface area (Å²) in [6.45, 7) is 3.12. The molecule has 1 aromatic carbocycles. The van der Waals surface area contributed by atoms with Crippen LogP contribution in [-0.2, 0) is 19.6 Å². The molecule has 126 valence electrons. The van der Waals surface area contributed by atoms with E-state index >= 15 is 0 Å². The van der Waals surface area contributed by atoms with E-state index in [1.165, 1.54) is 23.4 Å². The Morgan fingerprint density at radius 1 is 1.26 bits per heavy atom. The summed E-state index contributed by atoms with van der Waals surface area (Å²) in [5, 5.41) is 2.63. The Bertz CT molecular complexity index is 672. The zero-order valence-electron chi connectivity index (χ0n) is 12.9. The molecule has 3 rings (SSSR count). The maximum atomic E-state index is 12.7. The third kappa shape index (κ3) is 3.55. The number of nitrogens with one attached hydrogen (secondary N) is 1. The average molecular weight is 356 g/mol. The molecule has 0 aliphatic carbocycles. The molecule has 1 N–H and O–H groups in total. The molecule has 2 aliphatic heterocycles. The largest absolute Gasteiger partial charge is 0.363 e. The van der Waals surface area contributed by atoms with Crippen LogP contribution in [0.25, 0.3) is 0 Å². The molecule has 2 saturated heterocycles. The van der Waals surface area contributed by atoms with Gasteiger partial charge in [-0.25, -0.2) is 8.42 Å². The molecule has 2 heterocycles. The van der Waals surface area contributed by atoms with Gasteiger partial charge in [-0.3, -0.25) is 4.79 Å². The number of sulfonamides is 1. The minimum Gasteiger partial charge on any atom is -0.363 e. The van der Waals surface area contributed by atoms with Crippen LogP contribution in [0.3, 0.4) is 0 Å². The first kappa shape index (κ1) is 16.8. The Hall–Kier alpha value is -1.09. The third-order valence-electron chi connectivity index (χ3n) is 4.11. The number of benzene rings is 1. The number of amides is 1. The van der Waals surface area contributed by atoms with Crippen molar-refractivity contribution < 1.29 is 17.9 Å². The number of hydrogen-bond donors (Lipinski definition) is 1. The zero-order chi connectivity index (χ0) is 16.5. The van der Waals surface area contributed by atoms with Gasteiger partial charge in [0, 0.05) is 31.5 Å². The van der Waals surface area contributed by atoms with Crippen molar-refractivity contribution in [3.05, 3.63) is 24.3 Å². The SMILES string of the molecule is CC(=O)Nc1ccc(S(=O)(=O)N2CCC3(CC2)OCCS3)cc1. The van der Waals surface area contributed by atoms with Gasteiger partial charge in [-0.15, -0.1) is 11.8 Å². The summed E-state index contributed by atoms with van der Waals surface area (Å²) < 4.78 is 32.8. The van der Waals surface area contributed by atoms with Gasteiger partial charge in [0.1, 0.15) is 4.93 Å². The van der Waals surface area contributed by atoms with Gasteiger partial charge >= 0.3 is 0 Å². The summed E-state index contributed by atoms with van der Waals surface area (Å²) in [5.74, 6) is 0.799. The van der Waals surface area contributed by atoms with E-state index in [4.69, 9.17) is 4.74 Å². The normalized spacial score (nSPS) is 21.4. The smallest absolute Gasteiger partial charge is 0.243 e. The van der Waals surface area contributed by atoms with E-state index in [0.717, 1.165) is 25.2 Å². The van der Waals surface area contributed by atoms with Crippen molar-refractivity contribution in [2.75, 3.05) is 30.8 Å². The minimum atomic E-state index is -3.50. The molecule has 23 heavy (non-hydrogen) atoms. The lowest BCUT2D eigenvalue weighted by Crippen LogP contribution is -2.44. The van der Waals surface area contributed by atoms with Crippen molar-refractivity contribution in [2.45, 2.75) is 29.6 Å². The summed E-state index contributed by atoms with van der Waals surface area (Å²) in [4.78, 5) is 11.1. The molecule has 2 fully saturated rings. The fourth-order valence-electron chi connectivity index (χ4n) is 2.92. The van der Waals surface area contributed by atoms with Gasteiger partial charge in [-0.05, 0) is 37.1 Å². The number of carbonyl (C=O) groups excluding carboxylic acids is 1. The molecule has 0 bridgehead atoms. The number of nitrogens with zero attached hydrogens (tertiary/aromatic N) is 1. The van der Waals surface area contributed by atoms with Crippen LogP contribution in [0.4, 0.5) is 5.69 Å². The van der Waals surface area contributed by atoms with E-state index in [0.29, 0.717) is 18.8 Å². The molecule has 8 heteroatoms. The highest BCUT2D eigenvalue weighted by molar-refractivity contribution is 8.00. The second-order valence-corrected chi connectivity index (χ2v) is 9.10. The second kappa shape index (κ2) is 6.43. The second-order valence-electron chi connectivity index (χ2n) is 5.72. The van der Waals surface area contributed by atoms with Crippen molar-refractivity contribution in [3.8, 4) is 0 Å². The lowest BCUT2D eigenvalue weighted by molar-refractivity contribution is -0.114. The summed E-state index contributed by atoms with van der Waals surface area (Å²) in [6, 6.07) is 6.28. The molecule has 1 amide bonds. The van der Waals surface area contributed by atoms with Gasteiger partial charge in [-0.2, -0.15) is 4.31 Å². The molecule has 0 atom stereocenters. The van der Waals surface area contributed by atoms with Gasteiger partial charge in [0.25, 0.3) is 0 Å². The molecule has 2 aliphatic rings. The Labute approximate surface area is 140 Å². The first-order chi connectivity index (χ1) is 10.9. The van der Waals surface area contributed by atoms with E-state index < -0.39 is 10.0 Å². The average Bonchev–Trinajstić information content (AvgIpc) is 2.96. The molecule has 1 spiro atoms. The predicted octanol–water partition coefficient (Wildman–Crippen LogP) is 1.89. The lowest BCUT2D eigenvalue weighted by atomic mass is 10.1. The van der Waals surface area contributed by atoms with Crippen molar-refractivity contribution in [2.24, 2.45) is 0 Å². The quantitative estimate of drug-likeness (QED) is 0.895. The Balaban J connectivity index is 1.70. The molecular weight excluding hydrogens is 336 g/mol. The van der Waals surface area contributed by atoms with Crippen LogP contribution in [0.1, 0.15) is 19.8 Å². The van der Waals surface area contributed by atoms with Crippen LogP contribution in [0.2, 0.25) is 0 Å². The van der Waals surface area contributed by atoms with Crippen LogP contribution in [0.15, 0.2) is 29.2 Å². The number of carbonyl (C=O) groups is 1. The molecule has 0 radical (unpaired) electrons. The topological polar surface area (TPSA) is 75.7 Å². The summed E-state index contributed by atoms with van der Waals surface area (Å²) in [7, 11) is -3.50. The molecule has 6 nitrogen and oxygen atoms in total. The van der Waals surface area contributed by atoms with Crippen LogP contribution in [0, 0.1) is 0 Å². The van der Waals surface area contributed by atoms with Crippen LogP contribution in [0.5, 0.6) is 0 Å². The lowest BCUT2D eigenvalue weighted by Gasteiger charge is -2.37. The zero-order valence-corrected chi connectivity index (χ0v) is 14.6. The van der Waals surface area contributed by atoms with E-state index in [-0.39, 0.29) is 15.7 Å². The van der Waals surface area contributed by atoms with Gasteiger partial charge < -0.3 is 10.1 Å². The number of hydrogen-bond acceptors (Lipinski definition) is 5. The monoisotopic (exact) mass is 356 g/mol.